The fraction of sp³-hybridized carbons (Fsp3) is 0.308. The van der Waals surface area contributed by atoms with Crippen molar-refractivity contribution in [2.45, 2.75) is 18.0 Å². The molecule has 3 rings (SSSR count). The Balaban J connectivity index is 2.01. The Morgan fingerprint density at radius 3 is 3.00 bits per heavy atom. The van der Waals surface area contributed by atoms with Crippen molar-refractivity contribution in [1.82, 2.24) is 14.8 Å². The van der Waals surface area contributed by atoms with E-state index in [1.807, 2.05) is 24.5 Å². The number of hydrogen-bond donors (Lipinski definition) is 2. The Morgan fingerprint density at radius 2 is 2.25 bits per heavy atom. The van der Waals surface area contributed by atoms with E-state index in [1.54, 1.807) is 18.1 Å². The molecule has 2 heterocycles. The van der Waals surface area contributed by atoms with Crippen LogP contribution in [0.1, 0.15) is 11.4 Å². The SMILES string of the molecule is CSc1cccc(N2CCn3cnnc3C2)c1C(=N)N. The number of nitrogens with two attached hydrogens (primary N) is 1. The van der Waals surface area contributed by atoms with Gasteiger partial charge in [0.25, 0.3) is 0 Å². The number of benzene rings is 1. The normalized spacial score (nSPS) is 14.2. The van der Waals surface area contributed by atoms with E-state index >= 15 is 0 Å². The largest absolute Gasteiger partial charge is 0.384 e. The van der Waals surface area contributed by atoms with Crippen LogP contribution in [0.3, 0.4) is 0 Å². The van der Waals surface area contributed by atoms with Gasteiger partial charge in [-0.05, 0) is 18.4 Å². The van der Waals surface area contributed by atoms with E-state index in [0.717, 1.165) is 35.1 Å². The first-order chi connectivity index (χ1) is 9.70. The summed E-state index contributed by atoms with van der Waals surface area (Å²) in [7, 11) is 0. The van der Waals surface area contributed by atoms with Gasteiger partial charge < -0.3 is 15.2 Å². The molecule has 1 aromatic carbocycles. The molecule has 20 heavy (non-hydrogen) atoms. The molecule has 0 fully saturated rings. The maximum Gasteiger partial charge on any atom is 0.152 e. The molecule has 104 valence electrons. The van der Waals surface area contributed by atoms with Crippen LogP contribution < -0.4 is 10.6 Å². The highest BCUT2D eigenvalue weighted by Crippen LogP contribution is 2.31. The summed E-state index contributed by atoms with van der Waals surface area (Å²) in [6.07, 6.45) is 3.76. The summed E-state index contributed by atoms with van der Waals surface area (Å²) in [5.41, 5.74) is 7.59. The van der Waals surface area contributed by atoms with Gasteiger partial charge in [-0.2, -0.15) is 0 Å². The van der Waals surface area contributed by atoms with E-state index < -0.39 is 0 Å². The van der Waals surface area contributed by atoms with Gasteiger partial charge in [0.2, 0.25) is 0 Å². The molecular formula is C13H16N6S. The van der Waals surface area contributed by atoms with Gasteiger partial charge in [-0.1, -0.05) is 6.07 Å². The standard InChI is InChI=1S/C13H16N6S/c1-20-10-4-2-3-9(12(10)13(14)15)18-5-6-19-8-16-17-11(19)7-18/h2-4,8H,5-7H2,1H3,(H3,14,15). The van der Waals surface area contributed by atoms with Crippen LogP contribution in [-0.4, -0.2) is 33.4 Å². The summed E-state index contributed by atoms with van der Waals surface area (Å²) in [4.78, 5) is 3.24. The predicted octanol–water partition coefficient (Wildman–Crippen LogP) is 1.30. The third-order valence-corrected chi connectivity index (χ3v) is 4.25. The van der Waals surface area contributed by atoms with Crippen LogP contribution in [0.15, 0.2) is 29.4 Å². The first-order valence-corrected chi connectivity index (χ1v) is 7.56. The monoisotopic (exact) mass is 288 g/mol. The molecule has 0 bridgehead atoms. The third kappa shape index (κ3) is 2.14. The number of nitrogens with zero attached hydrogens (tertiary/aromatic N) is 4. The van der Waals surface area contributed by atoms with Crippen LogP contribution in [0.5, 0.6) is 0 Å². The van der Waals surface area contributed by atoms with Crippen LogP contribution >= 0.6 is 11.8 Å². The molecule has 7 heteroatoms. The predicted molar refractivity (Wildman–Crippen MR) is 80.3 cm³/mol. The molecular weight excluding hydrogens is 272 g/mol. The molecule has 1 aliphatic heterocycles. The fourth-order valence-corrected chi connectivity index (χ4v) is 3.13. The quantitative estimate of drug-likeness (QED) is 0.505. The molecule has 0 saturated carbocycles. The average molecular weight is 288 g/mol. The fourth-order valence-electron chi connectivity index (χ4n) is 2.50. The second-order valence-corrected chi connectivity index (χ2v) is 5.48. The molecule has 0 saturated heterocycles. The molecule has 3 N–H and O–H groups in total. The van der Waals surface area contributed by atoms with Crippen molar-refractivity contribution in [1.29, 1.82) is 5.41 Å². The summed E-state index contributed by atoms with van der Waals surface area (Å²) in [6.45, 7) is 2.41. The zero-order valence-corrected chi connectivity index (χ0v) is 12.0. The number of nitrogens with one attached hydrogen (secondary N) is 1. The second kappa shape index (κ2) is 5.16. The van der Waals surface area contributed by atoms with Crippen LogP contribution in [0, 0.1) is 5.41 Å². The Morgan fingerprint density at radius 1 is 1.40 bits per heavy atom. The Kier molecular flexibility index (Phi) is 3.35. The summed E-state index contributed by atoms with van der Waals surface area (Å²) in [5.74, 6) is 1.05. The van der Waals surface area contributed by atoms with E-state index in [2.05, 4.69) is 19.7 Å². The van der Waals surface area contributed by atoms with Crippen LogP contribution in [0.25, 0.3) is 0 Å². The summed E-state index contributed by atoms with van der Waals surface area (Å²) < 4.78 is 2.06. The first kappa shape index (κ1) is 13.0. The van der Waals surface area contributed by atoms with Gasteiger partial charge in [0, 0.05) is 23.7 Å². The van der Waals surface area contributed by atoms with Crippen molar-refractivity contribution in [3.8, 4) is 0 Å². The molecule has 0 aliphatic carbocycles. The van der Waals surface area contributed by atoms with E-state index in [4.69, 9.17) is 11.1 Å². The maximum absolute atomic E-state index is 7.86. The van der Waals surface area contributed by atoms with Gasteiger partial charge in [-0.15, -0.1) is 22.0 Å². The zero-order valence-electron chi connectivity index (χ0n) is 11.2. The zero-order chi connectivity index (χ0) is 14.1. The van der Waals surface area contributed by atoms with E-state index in [1.165, 1.54) is 0 Å². The molecule has 6 nitrogen and oxygen atoms in total. The topological polar surface area (TPSA) is 83.8 Å². The van der Waals surface area contributed by atoms with E-state index in [9.17, 15) is 0 Å². The van der Waals surface area contributed by atoms with Gasteiger partial charge in [-0.25, -0.2) is 0 Å². The summed E-state index contributed by atoms with van der Waals surface area (Å²) in [5, 5.41) is 15.9. The lowest BCUT2D eigenvalue weighted by Crippen LogP contribution is -2.35. The Labute approximate surface area is 121 Å². The number of thioether (sulfide) groups is 1. The van der Waals surface area contributed by atoms with Gasteiger partial charge in [0.15, 0.2) is 5.82 Å². The van der Waals surface area contributed by atoms with Crippen molar-refractivity contribution in [2.75, 3.05) is 17.7 Å². The van der Waals surface area contributed by atoms with Gasteiger partial charge >= 0.3 is 0 Å². The van der Waals surface area contributed by atoms with E-state index in [0.29, 0.717) is 6.54 Å². The molecule has 0 unspecified atom stereocenters. The van der Waals surface area contributed by atoms with Crippen LogP contribution in [0.4, 0.5) is 5.69 Å². The number of hydrogen-bond acceptors (Lipinski definition) is 5. The number of rotatable bonds is 3. The number of aromatic nitrogens is 3. The minimum absolute atomic E-state index is 0.108. The van der Waals surface area contributed by atoms with Gasteiger partial charge in [0.1, 0.15) is 12.2 Å². The number of amidine groups is 1. The summed E-state index contributed by atoms with van der Waals surface area (Å²) in [6, 6.07) is 6.02. The highest BCUT2D eigenvalue weighted by atomic mass is 32.2. The number of fused-ring (bicyclic) bond motifs is 1. The minimum atomic E-state index is 0.108. The van der Waals surface area contributed by atoms with Crippen molar-refractivity contribution in [2.24, 2.45) is 5.73 Å². The number of nitrogen functional groups attached to an aromatic ring is 1. The van der Waals surface area contributed by atoms with E-state index in [-0.39, 0.29) is 5.84 Å². The third-order valence-electron chi connectivity index (χ3n) is 3.47. The molecule has 1 aliphatic rings. The van der Waals surface area contributed by atoms with Crippen molar-refractivity contribution in [3.05, 3.63) is 35.9 Å². The lowest BCUT2D eigenvalue weighted by atomic mass is 10.1. The molecule has 0 radical (unpaired) electrons. The minimum Gasteiger partial charge on any atom is -0.384 e. The second-order valence-electron chi connectivity index (χ2n) is 4.63. The molecule has 2 aromatic rings. The Hall–Kier alpha value is -2.02. The van der Waals surface area contributed by atoms with Crippen LogP contribution in [0.2, 0.25) is 0 Å². The number of anilines is 1. The smallest absolute Gasteiger partial charge is 0.152 e. The average Bonchev–Trinajstić information content (AvgIpc) is 2.93. The highest BCUT2D eigenvalue weighted by molar-refractivity contribution is 7.98. The molecule has 0 spiro atoms. The van der Waals surface area contributed by atoms with Crippen molar-refractivity contribution in [3.63, 3.8) is 0 Å². The molecule has 0 amide bonds. The lowest BCUT2D eigenvalue weighted by Gasteiger charge is -2.31. The highest BCUT2D eigenvalue weighted by Gasteiger charge is 2.22. The maximum atomic E-state index is 7.86. The summed E-state index contributed by atoms with van der Waals surface area (Å²) >= 11 is 1.61. The van der Waals surface area contributed by atoms with Crippen molar-refractivity contribution >= 4 is 23.3 Å². The first-order valence-electron chi connectivity index (χ1n) is 6.33. The van der Waals surface area contributed by atoms with Gasteiger partial charge in [0.05, 0.1) is 12.1 Å². The van der Waals surface area contributed by atoms with Gasteiger partial charge in [-0.3, -0.25) is 5.41 Å². The molecule has 1 aromatic heterocycles. The molecule has 0 atom stereocenters. The van der Waals surface area contributed by atoms with Crippen LogP contribution in [-0.2, 0) is 13.1 Å². The Bertz CT molecular complexity index is 650. The lowest BCUT2D eigenvalue weighted by molar-refractivity contribution is 0.559. The van der Waals surface area contributed by atoms with Crippen molar-refractivity contribution < 1.29 is 0 Å².